The number of rotatable bonds is 3. The van der Waals surface area contributed by atoms with Crippen molar-refractivity contribution in [3.8, 4) is 11.3 Å². The number of aromatic nitrogens is 3. The maximum absolute atomic E-state index is 12.0. The first kappa shape index (κ1) is 19.1. The van der Waals surface area contributed by atoms with Gasteiger partial charge in [-0.1, -0.05) is 12.1 Å². The van der Waals surface area contributed by atoms with Gasteiger partial charge < -0.3 is 20.7 Å². The summed E-state index contributed by atoms with van der Waals surface area (Å²) in [4.78, 5) is 28.1. The molecule has 30 heavy (non-hydrogen) atoms. The van der Waals surface area contributed by atoms with Gasteiger partial charge in [-0.3, -0.25) is 4.79 Å². The topological polar surface area (TPSA) is 106 Å². The quantitative estimate of drug-likeness (QED) is 0.660. The van der Waals surface area contributed by atoms with Crippen LogP contribution in [0.25, 0.3) is 22.3 Å². The van der Waals surface area contributed by atoms with Crippen molar-refractivity contribution in [1.82, 2.24) is 20.3 Å². The number of hydrogen-bond donors (Lipinski definition) is 2. The molecule has 9 heteroatoms. The van der Waals surface area contributed by atoms with E-state index in [0.29, 0.717) is 35.0 Å². The summed E-state index contributed by atoms with van der Waals surface area (Å²) in [7, 11) is 1.61. The number of fused-ring (bicyclic) bond motifs is 1. The lowest BCUT2D eigenvalue weighted by molar-refractivity contribution is -0.0290. The number of thioether (sulfide) groups is 1. The summed E-state index contributed by atoms with van der Waals surface area (Å²) in [5.74, 6) is 2.86. The lowest BCUT2D eigenvalue weighted by Gasteiger charge is -2.47. The number of hydrogen-bond acceptors (Lipinski definition) is 8. The number of anilines is 2. The Kier molecular flexibility index (Phi) is 4.71. The third-order valence-electron chi connectivity index (χ3n) is 5.49. The van der Waals surface area contributed by atoms with Crippen molar-refractivity contribution in [3.05, 3.63) is 42.0 Å². The fourth-order valence-corrected chi connectivity index (χ4v) is 4.82. The Morgan fingerprint density at radius 2 is 2.10 bits per heavy atom. The number of carbonyl (C=O) groups is 1. The van der Waals surface area contributed by atoms with E-state index in [1.165, 1.54) is 0 Å². The Hall–Kier alpha value is -2.91. The second-order valence-corrected chi connectivity index (χ2v) is 8.57. The molecule has 8 nitrogen and oxygen atoms in total. The van der Waals surface area contributed by atoms with Crippen LogP contribution >= 0.6 is 11.8 Å². The first-order chi connectivity index (χ1) is 14.6. The van der Waals surface area contributed by atoms with Crippen LogP contribution in [0.5, 0.6) is 0 Å². The molecule has 3 N–H and O–H groups in total. The van der Waals surface area contributed by atoms with E-state index >= 15 is 0 Å². The number of nitrogen functional groups attached to an aromatic ring is 1. The van der Waals surface area contributed by atoms with E-state index < -0.39 is 0 Å². The third kappa shape index (κ3) is 3.33. The molecule has 1 amide bonds. The molecule has 0 atom stereocenters. The minimum absolute atomic E-state index is 0.0917. The number of nitrogens with one attached hydrogen (secondary N) is 1. The summed E-state index contributed by atoms with van der Waals surface area (Å²) in [5, 5.41) is 3.36. The van der Waals surface area contributed by atoms with E-state index in [2.05, 4.69) is 15.2 Å². The number of nitrogens with two attached hydrogens (primary N) is 1. The highest BCUT2D eigenvalue weighted by Gasteiger charge is 2.43. The van der Waals surface area contributed by atoms with E-state index in [1.807, 2.05) is 42.1 Å². The molecule has 0 radical (unpaired) electrons. The van der Waals surface area contributed by atoms with Gasteiger partial charge in [0.2, 0.25) is 5.95 Å². The molecule has 2 aromatic heterocycles. The first-order valence-corrected chi connectivity index (χ1v) is 11.0. The Morgan fingerprint density at radius 3 is 2.87 bits per heavy atom. The predicted molar refractivity (Wildman–Crippen MR) is 119 cm³/mol. The van der Waals surface area contributed by atoms with Gasteiger partial charge in [-0.25, -0.2) is 4.98 Å². The highest BCUT2D eigenvalue weighted by atomic mass is 32.2. The van der Waals surface area contributed by atoms with Crippen molar-refractivity contribution < 1.29 is 9.53 Å². The molecule has 3 aromatic rings. The summed E-state index contributed by atoms with van der Waals surface area (Å²) in [6.07, 6.45) is 0. The number of carbonyl (C=O) groups excluding carboxylic acids is 1. The van der Waals surface area contributed by atoms with Gasteiger partial charge in [-0.2, -0.15) is 21.7 Å². The largest absolute Gasteiger partial charge is 0.383 e. The molecule has 2 aliphatic heterocycles. The number of pyridine rings is 1. The summed E-state index contributed by atoms with van der Waals surface area (Å²) < 4.78 is 5.99. The molecule has 0 bridgehead atoms. The molecular weight excluding hydrogens is 400 g/mol. The van der Waals surface area contributed by atoms with Crippen molar-refractivity contribution in [3.63, 3.8) is 0 Å². The summed E-state index contributed by atoms with van der Waals surface area (Å²) >= 11 is 1.89. The number of ether oxygens (including phenoxy) is 1. The fraction of sp³-hybridized carbons (Fsp3) is 0.333. The van der Waals surface area contributed by atoms with Crippen molar-refractivity contribution >= 4 is 40.5 Å². The third-order valence-corrected chi connectivity index (χ3v) is 6.95. The van der Waals surface area contributed by atoms with Gasteiger partial charge in [0.05, 0.1) is 24.2 Å². The van der Waals surface area contributed by atoms with Crippen LogP contribution in [0.15, 0.2) is 36.4 Å². The first-order valence-electron chi connectivity index (χ1n) is 9.80. The number of morpholine rings is 1. The zero-order valence-corrected chi connectivity index (χ0v) is 17.4. The second kappa shape index (κ2) is 7.41. The average Bonchev–Trinajstić information content (AvgIpc) is 2.77. The van der Waals surface area contributed by atoms with Crippen LogP contribution in [-0.4, -0.2) is 64.7 Å². The molecule has 2 aliphatic rings. The zero-order valence-electron chi connectivity index (χ0n) is 16.6. The van der Waals surface area contributed by atoms with E-state index in [9.17, 15) is 4.79 Å². The van der Waals surface area contributed by atoms with Gasteiger partial charge in [0, 0.05) is 36.2 Å². The minimum Gasteiger partial charge on any atom is -0.383 e. The van der Waals surface area contributed by atoms with Crippen LogP contribution in [0, 0.1) is 0 Å². The van der Waals surface area contributed by atoms with Crippen LogP contribution < -0.4 is 16.0 Å². The number of nitrogens with zero attached hydrogens (tertiary/aromatic N) is 4. The highest BCUT2D eigenvalue weighted by Crippen LogP contribution is 2.37. The lowest BCUT2D eigenvalue weighted by atomic mass is 10.1. The molecule has 1 aromatic carbocycles. The van der Waals surface area contributed by atoms with Crippen LogP contribution in [0.3, 0.4) is 0 Å². The summed E-state index contributed by atoms with van der Waals surface area (Å²) in [6, 6.07) is 11.1. The molecule has 0 unspecified atom stereocenters. The van der Waals surface area contributed by atoms with Gasteiger partial charge in [-0.05, 0) is 24.3 Å². The van der Waals surface area contributed by atoms with E-state index in [4.69, 9.17) is 20.4 Å². The van der Waals surface area contributed by atoms with Gasteiger partial charge >= 0.3 is 0 Å². The van der Waals surface area contributed by atoms with Crippen molar-refractivity contribution in [1.29, 1.82) is 0 Å². The van der Waals surface area contributed by atoms with Crippen LogP contribution in [0.4, 0.5) is 11.8 Å². The van der Waals surface area contributed by atoms with E-state index in [0.717, 1.165) is 35.9 Å². The molecular formula is C21H22N6O2S. The van der Waals surface area contributed by atoms with E-state index in [-0.39, 0.29) is 11.5 Å². The molecule has 4 heterocycles. The minimum atomic E-state index is -0.137. The molecule has 0 saturated carbocycles. The standard InChI is InChI=1S/C21H22N6O2S/c1-23-19(28)14-4-2-3-13(9-14)16-6-5-15-17(22)25-20(26-18(15)24-16)27-7-8-29-21(10-27)11-30-12-21/h2-6,9H,7-8,10-12H2,1H3,(H,23,28)(H2,22,24,25,26). The lowest BCUT2D eigenvalue weighted by Crippen LogP contribution is -2.59. The smallest absolute Gasteiger partial charge is 0.251 e. The maximum Gasteiger partial charge on any atom is 0.251 e. The molecule has 5 rings (SSSR count). The zero-order chi connectivity index (χ0) is 20.7. The van der Waals surface area contributed by atoms with Gasteiger partial charge in [0.25, 0.3) is 5.91 Å². The van der Waals surface area contributed by atoms with Crippen LogP contribution in [-0.2, 0) is 4.74 Å². The monoisotopic (exact) mass is 422 g/mol. The number of benzene rings is 1. The van der Waals surface area contributed by atoms with Gasteiger partial charge in [0.1, 0.15) is 11.4 Å². The van der Waals surface area contributed by atoms with Gasteiger partial charge in [-0.15, -0.1) is 0 Å². The summed E-state index contributed by atoms with van der Waals surface area (Å²) in [5.41, 5.74) is 8.85. The summed E-state index contributed by atoms with van der Waals surface area (Å²) in [6.45, 7) is 2.14. The van der Waals surface area contributed by atoms with Crippen molar-refractivity contribution in [2.24, 2.45) is 0 Å². The molecule has 2 fully saturated rings. The molecule has 1 spiro atoms. The molecule has 0 aliphatic carbocycles. The van der Waals surface area contributed by atoms with Crippen molar-refractivity contribution in [2.75, 3.05) is 48.9 Å². The Bertz CT molecular complexity index is 1130. The van der Waals surface area contributed by atoms with Crippen LogP contribution in [0.2, 0.25) is 0 Å². The SMILES string of the molecule is CNC(=O)c1cccc(-c2ccc3c(N)nc(N4CCOC5(CSC5)C4)nc3n2)c1. The fourth-order valence-electron chi connectivity index (χ4n) is 3.81. The average molecular weight is 423 g/mol. The molecule has 154 valence electrons. The Balaban J connectivity index is 1.52. The Morgan fingerprint density at radius 1 is 1.23 bits per heavy atom. The predicted octanol–water partition coefficient (Wildman–Crippen LogP) is 1.96. The van der Waals surface area contributed by atoms with Crippen molar-refractivity contribution in [2.45, 2.75) is 5.60 Å². The van der Waals surface area contributed by atoms with Gasteiger partial charge in [0.15, 0.2) is 5.65 Å². The van der Waals surface area contributed by atoms with Crippen LogP contribution in [0.1, 0.15) is 10.4 Å². The maximum atomic E-state index is 12.0. The molecule has 2 saturated heterocycles. The highest BCUT2D eigenvalue weighted by molar-refractivity contribution is 8.00. The number of amides is 1. The van der Waals surface area contributed by atoms with E-state index in [1.54, 1.807) is 13.1 Å². The normalized spacial score (nSPS) is 17.7. The Labute approximate surface area is 178 Å². The second-order valence-electron chi connectivity index (χ2n) is 7.58.